The minimum Gasteiger partial charge on any atom is -0.445 e. The van der Waals surface area contributed by atoms with Crippen molar-refractivity contribution in [1.29, 1.82) is 0 Å². The normalized spacial score (nSPS) is 34.4. The van der Waals surface area contributed by atoms with E-state index in [-0.39, 0.29) is 23.7 Å². The first kappa shape index (κ1) is 16.1. The number of carbonyl (C=O) groups is 1. The summed E-state index contributed by atoms with van der Waals surface area (Å²) >= 11 is 3.57. The van der Waals surface area contributed by atoms with Crippen molar-refractivity contribution in [2.75, 3.05) is 19.6 Å². The Balaban J connectivity index is 1.32. The standard InChI is InChI=1S/C20H25BrN2O2/c21-15-1-2-16-14(11-15)3-6-20(7-8-20)18(16)22-19(24)25-17-12-23-9-4-13(17)5-10-23/h1-2,11,13,17-18H,3-10,12H2,(H,22,24)/t17-,18?/m1/s1. The number of alkyl carbamates (subject to hydrolysis) is 1. The van der Waals surface area contributed by atoms with Crippen LogP contribution in [0.5, 0.6) is 0 Å². The van der Waals surface area contributed by atoms with E-state index in [0.717, 1.165) is 17.4 Å². The van der Waals surface area contributed by atoms with Crippen LogP contribution in [0.15, 0.2) is 22.7 Å². The second-order valence-electron chi connectivity index (χ2n) is 8.36. The van der Waals surface area contributed by atoms with E-state index in [1.54, 1.807) is 0 Å². The molecule has 1 amide bonds. The number of benzene rings is 1. The average Bonchev–Trinajstić information content (AvgIpc) is 3.39. The predicted molar refractivity (Wildman–Crippen MR) is 99.4 cm³/mol. The highest BCUT2D eigenvalue weighted by molar-refractivity contribution is 9.10. The third-order valence-electron chi connectivity index (χ3n) is 6.93. The summed E-state index contributed by atoms with van der Waals surface area (Å²) in [5.74, 6) is 0.556. The number of aryl methyl sites for hydroxylation is 1. The van der Waals surface area contributed by atoms with Gasteiger partial charge in [0.2, 0.25) is 0 Å². The van der Waals surface area contributed by atoms with Crippen LogP contribution in [0.1, 0.15) is 49.3 Å². The molecule has 5 heteroatoms. The van der Waals surface area contributed by atoms with Gasteiger partial charge in [0.25, 0.3) is 0 Å². The fourth-order valence-electron chi connectivity index (χ4n) is 5.19. The van der Waals surface area contributed by atoms with Crippen LogP contribution in [-0.2, 0) is 11.2 Å². The summed E-state index contributed by atoms with van der Waals surface area (Å²) in [5, 5.41) is 3.26. The number of piperidine rings is 3. The molecular weight excluding hydrogens is 380 g/mol. The minimum atomic E-state index is -0.217. The van der Waals surface area contributed by atoms with Crippen molar-refractivity contribution in [2.24, 2.45) is 11.3 Å². The van der Waals surface area contributed by atoms with Crippen molar-refractivity contribution in [1.82, 2.24) is 10.2 Å². The van der Waals surface area contributed by atoms with E-state index in [1.807, 2.05) is 0 Å². The maximum Gasteiger partial charge on any atom is 0.407 e. The molecule has 0 aromatic heterocycles. The first-order valence-electron chi connectivity index (χ1n) is 9.61. The highest BCUT2D eigenvalue weighted by atomic mass is 79.9. The number of amides is 1. The monoisotopic (exact) mass is 404 g/mol. The average molecular weight is 405 g/mol. The Labute approximate surface area is 157 Å². The van der Waals surface area contributed by atoms with Gasteiger partial charge in [-0.15, -0.1) is 0 Å². The predicted octanol–water partition coefficient (Wildman–Crippen LogP) is 4.04. The maximum absolute atomic E-state index is 12.7. The molecule has 2 aliphatic carbocycles. The molecule has 5 aliphatic rings. The molecule has 1 aromatic rings. The topological polar surface area (TPSA) is 41.6 Å². The number of hydrogen-bond acceptors (Lipinski definition) is 3. The Morgan fingerprint density at radius 3 is 2.72 bits per heavy atom. The number of ether oxygens (including phenoxy) is 1. The Morgan fingerprint density at radius 1 is 1.24 bits per heavy atom. The molecule has 1 N–H and O–H groups in total. The zero-order valence-electron chi connectivity index (χ0n) is 14.5. The molecule has 2 bridgehead atoms. The molecule has 3 saturated heterocycles. The number of fused-ring (bicyclic) bond motifs is 4. The van der Waals surface area contributed by atoms with Crippen LogP contribution in [0.2, 0.25) is 0 Å². The molecule has 25 heavy (non-hydrogen) atoms. The highest BCUT2D eigenvalue weighted by Crippen LogP contribution is 2.61. The molecule has 4 nitrogen and oxygen atoms in total. The number of nitrogens with one attached hydrogen (secondary N) is 1. The summed E-state index contributed by atoms with van der Waals surface area (Å²) in [6.45, 7) is 3.25. The first-order valence-corrected chi connectivity index (χ1v) is 10.4. The summed E-state index contributed by atoms with van der Waals surface area (Å²) in [6.07, 6.45) is 6.91. The van der Waals surface area contributed by atoms with Gasteiger partial charge in [-0.25, -0.2) is 4.79 Å². The van der Waals surface area contributed by atoms with Crippen molar-refractivity contribution in [3.8, 4) is 0 Å². The van der Waals surface area contributed by atoms with Crippen LogP contribution >= 0.6 is 15.9 Å². The van der Waals surface area contributed by atoms with E-state index < -0.39 is 0 Å². The lowest BCUT2D eigenvalue weighted by atomic mass is 9.77. The largest absolute Gasteiger partial charge is 0.445 e. The lowest BCUT2D eigenvalue weighted by Gasteiger charge is -2.44. The van der Waals surface area contributed by atoms with Crippen molar-refractivity contribution in [2.45, 2.75) is 50.7 Å². The van der Waals surface area contributed by atoms with Gasteiger partial charge >= 0.3 is 6.09 Å². The fourth-order valence-corrected chi connectivity index (χ4v) is 5.60. The van der Waals surface area contributed by atoms with Crippen LogP contribution in [0, 0.1) is 11.3 Å². The van der Waals surface area contributed by atoms with E-state index >= 15 is 0 Å². The molecule has 1 saturated carbocycles. The summed E-state index contributed by atoms with van der Waals surface area (Å²) in [5.41, 5.74) is 2.92. The highest BCUT2D eigenvalue weighted by Gasteiger charge is 2.53. The number of halogens is 1. The van der Waals surface area contributed by atoms with Crippen LogP contribution in [-0.4, -0.2) is 36.7 Å². The Morgan fingerprint density at radius 2 is 2.04 bits per heavy atom. The minimum absolute atomic E-state index is 0.0747. The smallest absolute Gasteiger partial charge is 0.407 e. The molecule has 1 unspecified atom stereocenters. The van der Waals surface area contributed by atoms with Gasteiger partial charge in [0.1, 0.15) is 6.10 Å². The zero-order chi connectivity index (χ0) is 17.0. The Bertz CT molecular complexity index is 695. The fraction of sp³-hybridized carbons (Fsp3) is 0.650. The molecule has 1 spiro atoms. The Kier molecular flexibility index (Phi) is 3.86. The van der Waals surface area contributed by atoms with E-state index in [1.165, 1.54) is 56.3 Å². The van der Waals surface area contributed by atoms with Gasteiger partial charge in [-0.2, -0.15) is 0 Å². The van der Waals surface area contributed by atoms with Crippen LogP contribution in [0.25, 0.3) is 0 Å². The molecular formula is C20H25BrN2O2. The van der Waals surface area contributed by atoms with Gasteiger partial charge in [-0.3, -0.25) is 4.90 Å². The van der Waals surface area contributed by atoms with Crippen LogP contribution in [0.3, 0.4) is 0 Å². The third-order valence-corrected chi connectivity index (χ3v) is 7.42. The zero-order valence-corrected chi connectivity index (χ0v) is 16.1. The summed E-state index contributed by atoms with van der Waals surface area (Å²) in [4.78, 5) is 15.1. The second kappa shape index (κ2) is 5.98. The number of nitrogens with zero attached hydrogens (tertiary/aromatic N) is 1. The van der Waals surface area contributed by atoms with Crippen molar-refractivity contribution in [3.05, 3.63) is 33.8 Å². The third kappa shape index (κ3) is 2.89. The Hall–Kier alpha value is -1.07. The van der Waals surface area contributed by atoms with Gasteiger partial charge in [0.15, 0.2) is 0 Å². The SMILES string of the molecule is O=C(NC1c2ccc(Br)cc2CCC12CC2)O[C@@H]1CN2CCC1CC2. The molecule has 6 rings (SSSR count). The first-order chi connectivity index (χ1) is 12.1. The summed E-state index contributed by atoms with van der Waals surface area (Å²) in [6, 6.07) is 6.58. The van der Waals surface area contributed by atoms with E-state index in [4.69, 9.17) is 4.74 Å². The molecule has 3 aliphatic heterocycles. The maximum atomic E-state index is 12.7. The van der Waals surface area contributed by atoms with E-state index in [2.05, 4.69) is 44.3 Å². The second-order valence-corrected chi connectivity index (χ2v) is 9.28. The summed E-state index contributed by atoms with van der Waals surface area (Å²) in [7, 11) is 0. The van der Waals surface area contributed by atoms with Crippen molar-refractivity contribution < 1.29 is 9.53 Å². The molecule has 1 aromatic carbocycles. The van der Waals surface area contributed by atoms with Gasteiger partial charge in [-0.1, -0.05) is 22.0 Å². The molecule has 0 radical (unpaired) electrons. The van der Waals surface area contributed by atoms with E-state index in [9.17, 15) is 4.79 Å². The molecule has 2 atom stereocenters. The molecule has 4 fully saturated rings. The van der Waals surface area contributed by atoms with Gasteiger partial charge in [0.05, 0.1) is 6.04 Å². The van der Waals surface area contributed by atoms with Crippen molar-refractivity contribution >= 4 is 22.0 Å². The molecule has 134 valence electrons. The number of hydrogen-bond donors (Lipinski definition) is 1. The number of rotatable bonds is 2. The van der Waals surface area contributed by atoms with Gasteiger partial charge in [-0.05, 0) is 86.2 Å². The van der Waals surface area contributed by atoms with Crippen LogP contribution < -0.4 is 5.32 Å². The number of carbonyl (C=O) groups excluding carboxylic acids is 1. The van der Waals surface area contributed by atoms with Crippen LogP contribution in [0.4, 0.5) is 4.79 Å². The van der Waals surface area contributed by atoms with Crippen molar-refractivity contribution in [3.63, 3.8) is 0 Å². The van der Waals surface area contributed by atoms with Gasteiger partial charge < -0.3 is 10.1 Å². The lowest BCUT2D eigenvalue weighted by molar-refractivity contribution is -0.0347. The summed E-state index contributed by atoms with van der Waals surface area (Å²) < 4.78 is 7.00. The van der Waals surface area contributed by atoms with Gasteiger partial charge in [0, 0.05) is 11.0 Å². The lowest BCUT2D eigenvalue weighted by Crippen LogP contribution is -2.53. The van der Waals surface area contributed by atoms with E-state index in [0.29, 0.717) is 5.92 Å². The molecule has 3 heterocycles. The quantitative estimate of drug-likeness (QED) is 0.808.